The number of benzene rings is 1. The molecule has 20 heavy (non-hydrogen) atoms. The molecule has 1 atom stereocenters. The number of imidazole rings is 1. The highest BCUT2D eigenvalue weighted by atomic mass is 15.1. The minimum Gasteiger partial charge on any atom is -0.384 e. The molecule has 0 saturated carbocycles. The molecule has 0 aliphatic rings. The van der Waals surface area contributed by atoms with Crippen LogP contribution in [0.3, 0.4) is 0 Å². The summed E-state index contributed by atoms with van der Waals surface area (Å²) in [6, 6.07) is 10.4. The number of hydrogen-bond acceptors (Lipinski definition) is 2. The molecule has 0 fully saturated rings. The number of anilines is 1. The minimum atomic E-state index is 0.386. The lowest BCUT2D eigenvalue weighted by atomic mass is 9.96. The minimum absolute atomic E-state index is 0.386. The highest BCUT2D eigenvalue weighted by molar-refractivity contribution is 5.40. The Balaban J connectivity index is 2.24. The molecule has 0 aliphatic heterocycles. The summed E-state index contributed by atoms with van der Waals surface area (Å²) in [5.74, 6) is 4.71. The zero-order valence-corrected chi connectivity index (χ0v) is 12.1. The first-order chi connectivity index (χ1) is 9.67. The summed E-state index contributed by atoms with van der Waals surface area (Å²) in [7, 11) is 0. The molecule has 0 saturated heterocycles. The molecule has 0 spiro atoms. The van der Waals surface area contributed by atoms with E-state index in [1.807, 2.05) is 10.6 Å². The Morgan fingerprint density at radius 2 is 2.05 bits per heavy atom. The van der Waals surface area contributed by atoms with E-state index in [1.54, 1.807) is 0 Å². The van der Waals surface area contributed by atoms with Crippen LogP contribution >= 0.6 is 0 Å². The molecular formula is C17H21N3. The second-order valence-corrected chi connectivity index (χ2v) is 5.02. The van der Waals surface area contributed by atoms with Crippen molar-refractivity contribution in [2.45, 2.75) is 39.2 Å². The number of nitrogens with zero attached hydrogens (tertiary/aromatic N) is 2. The van der Waals surface area contributed by atoms with E-state index in [0.29, 0.717) is 18.3 Å². The number of aryl methyl sites for hydroxylation is 1. The zero-order valence-electron chi connectivity index (χ0n) is 12.1. The fourth-order valence-electron chi connectivity index (χ4n) is 2.45. The predicted octanol–water partition coefficient (Wildman–Crippen LogP) is 3.01. The molecule has 0 radical (unpaired) electrons. The summed E-state index contributed by atoms with van der Waals surface area (Å²) in [4.78, 5) is 4.65. The van der Waals surface area contributed by atoms with E-state index in [9.17, 15) is 0 Å². The molecule has 3 nitrogen and oxygen atoms in total. The molecule has 1 heterocycles. The van der Waals surface area contributed by atoms with Crippen molar-refractivity contribution in [3.05, 3.63) is 47.4 Å². The average molecular weight is 267 g/mol. The van der Waals surface area contributed by atoms with Gasteiger partial charge in [-0.05, 0) is 17.9 Å². The maximum atomic E-state index is 6.20. The van der Waals surface area contributed by atoms with Crippen molar-refractivity contribution >= 4 is 5.82 Å². The smallest absolute Gasteiger partial charge is 0.127 e. The Hall–Kier alpha value is -2.21. The number of terminal acetylenes is 1. The Bertz CT molecular complexity index is 605. The van der Waals surface area contributed by atoms with Gasteiger partial charge in [0, 0.05) is 6.42 Å². The van der Waals surface area contributed by atoms with Gasteiger partial charge in [0.05, 0.1) is 12.2 Å². The van der Waals surface area contributed by atoms with E-state index >= 15 is 0 Å². The van der Waals surface area contributed by atoms with Crippen molar-refractivity contribution in [3.8, 4) is 12.3 Å². The van der Waals surface area contributed by atoms with E-state index < -0.39 is 0 Å². The molecular weight excluding hydrogens is 246 g/mol. The van der Waals surface area contributed by atoms with Gasteiger partial charge in [-0.1, -0.05) is 50.1 Å². The van der Waals surface area contributed by atoms with Gasteiger partial charge in [-0.15, -0.1) is 6.42 Å². The van der Waals surface area contributed by atoms with Gasteiger partial charge in [0.15, 0.2) is 0 Å². The van der Waals surface area contributed by atoms with E-state index in [1.165, 1.54) is 5.56 Å². The highest BCUT2D eigenvalue weighted by Crippen LogP contribution is 2.24. The van der Waals surface area contributed by atoms with Crippen LogP contribution in [-0.2, 0) is 19.4 Å². The van der Waals surface area contributed by atoms with Crippen LogP contribution < -0.4 is 5.73 Å². The Labute approximate surface area is 120 Å². The highest BCUT2D eigenvalue weighted by Gasteiger charge is 2.16. The fraction of sp³-hybridized carbons (Fsp3) is 0.353. The molecule has 0 bridgehead atoms. The number of nitrogen functional groups attached to an aromatic ring is 1. The van der Waals surface area contributed by atoms with Crippen molar-refractivity contribution < 1.29 is 0 Å². The molecule has 1 aromatic carbocycles. The van der Waals surface area contributed by atoms with Crippen LogP contribution in [0.15, 0.2) is 30.3 Å². The molecule has 0 amide bonds. The topological polar surface area (TPSA) is 43.8 Å². The fourth-order valence-corrected chi connectivity index (χ4v) is 2.45. The largest absolute Gasteiger partial charge is 0.384 e. The van der Waals surface area contributed by atoms with Gasteiger partial charge in [0.2, 0.25) is 0 Å². The summed E-state index contributed by atoms with van der Waals surface area (Å²) >= 11 is 0. The maximum Gasteiger partial charge on any atom is 0.127 e. The summed E-state index contributed by atoms with van der Waals surface area (Å²) in [6.07, 6.45) is 7.07. The molecule has 2 aromatic rings. The first kappa shape index (κ1) is 14.2. The van der Waals surface area contributed by atoms with Gasteiger partial charge < -0.3 is 10.3 Å². The normalized spacial score (nSPS) is 12.1. The van der Waals surface area contributed by atoms with Gasteiger partial charge in [0.1, 0.15) is 11.6 Å². The summed E-state index contributed by atoms with van der Waals surface area (Å²) in [6.45, 7) is 4.75. The summed E-state index contributed by atoms with van der Waals surface area (Å²) < 4.78 is 1.94. The summed E-state index contributed by atoms with van der Waals surface area (Å²) in [5.41, 5.74) is 8.45. The van der Waals surface area contributed by atoms with Crippen LogP contribution in [0.1, 0.15) is 36.8 Å². The second kappa shape index (κ2) is 6.29. The average Bonchev–Trinajstić information content (AvgIpc) is 2.77. The SMILES string of the molecule is C#CCn1c(CC)nc(CC(C)c2ccccc2)c1N. The Morgan fingerprint density at radius 1 is 1.35 bits per heavy atom. The van der Waals surface area contributed by atoms with E-state index in [-0.39, 0.29) is 0 Å². The molecule has 2 N–H and O–H groups in total. The van der Waals surface area contributed by atoms with Crippen LogP contribution in [0.5, 0.6) is 0 Å². The lowest BCUT2D eigenvalue weighted by molar-refractivity contribution is 0.743. The first-order valence-corrected chi connectivity index (χ1v) is 6.99. The van der Waals surface area contributed by atoms with Crippen molar-refractivity contribution in [1.82, 2.24) is 9.55 Å². The van der Waals surface area contributed by atoms with Crippen molar-refractivity contribution in [2.24, 2.45) is 0 Å². The molecule has 1 unspecified atom stereocenters. The third-order valence-corrected chi connectivity index (χ3v) is 3.60. The van der Waals surface area contributed by atoms with Crippen LogP contribution in [0.4, 0.5) is 5.82 Å². The van der Waals surface area contributed by atoms with Gasteiger partial charge >= 0.3 is 0 Å². The van der Waals surface area contributed by atoms with Crippen molar-refractivity contribution in [1.29, 1.82) is 0 Å². The third kappa shape index (κ3) is 2.85. The predicted molar refractivity (Wildman–Crippen MR) is 83.4 cm³/mol. The van der Waals surface area contributed by atoms with Gasteiger partial charge in [0.25, 0.3) is 0 Å². The standard InChI is InChI=1S/C17H21N3/c1-4-11-20-16(5-2)19-15(17(20)18)12-13(3)14-9-7-6-8-10-14/h1,6-10,13H,5,11-12,18H2,2-3H3. The number of hydrogen-bond donors (Lipinski definition) is 1. The summed E-state index contributed by atoms with van der Waals surface area (Å²) in [5, 5.41) is 0. The number of aromatic nitrogens is 2. The van der Waals surface area contributed by atoms with Crippen LogP contribution in [-0.4, -0.2) is 9.55 Å². The number of rotatable bonds is 5. The quantitative estimate of drug-likeness (QED) is 0.846. The molecule has 0 aliphatic carbocycles. The van der Waals surface area contributed by atoms with E-state index in [4.69, 9.17) is 12.2 Å². The molecule has 2 rings (SSSR count). The van der Waals surface area contributed by atoms with Gasteiger partial charge in [-0.2, -0.15) is 0 Å². The van der Waals surface area contributed by atoms with E-state index in [2.05, 4.69) is 49.0 Å². The monoisotopic (exact) mass is 267 g/mol. The lowest BCUT2D eigenvalue weighted by Crippen LogP contribution is -2.06. The lowest BCUT2D eigenvalue weighted by Gasteiger charge is -2.10. The molecule has 104 valence electrons. The van der Waals surface area contributed by atoms with Crippen LogP contribution in [0, 0.1) is 12.3 Å². The van der Waals surface area contributed by atoms with Crippen LogP contribution in [0.2, 0.25) is 0 Å². The molecule has 1 aromatic heterocycles. The number of nitrogens with two attached hydrogens (primary N) is 1. The Kier molecular flexibility index (Phi) is 4.47. The van der Waals surface area contributed by atoms with Crippen molar-refractivity contribution in [2.75, 3.05) is 5.73 Å². The first-order valence-electron chi connectivity index (χ1n) is 6.99. The second-order valence-electron chi connectivity index (χ2n) is 5.02. The van der Waals surface area contributed by atoms with E-state index in [0.717, 1.165) is 24.4 Å². The van der Waals surface area contributed by atoms with Crippen molar-refractivity contribution in [3.63, 3.8) is 0 Å². The Morgan fingerprint density at radius 3 is 2.65 bits per heavy atom. The van der Waals surface area contributed by atoms with Crippen LogP contribution in [0.25, 0.3) is 0 Å². The van der Waals surface area contributed by atoms with Gasteiger partial charge in [-0.25, -0.2) is 4.98 Å². The molecule has 3 heteroatoms. The third-order valence-electron chi connectivity index (χ3n) is 3.60. The zero-order chi connectivity index (χ0) is 14.5. The maximum absolute atomic E-state index is 6.20. The van der Waals surface area contributed by atoms with Gasteiger partial charge in [-0.3, -0.25) is 0 Å².